The Bertz CT molecular complexity index is 1110. The van der Waals surface area contributed by atoms with Crippen LogP contribution in [0.4, 0.5) is 26.3 Å². The minimum atomic E-state index is -4.38. The Balaban J connectivity index is 1.38. The van der Waals surface area contributed by atoms with Gasteiger partial charge < -0.3 is 9.47 Å². The van der Waals surface area contributed by atoms with E-state index >= 15 is 0 Å². The molecule has 5 unspecified atom stereocenters. The number of alkyl halides is 6. The second-order valence-electron chi connectivity index (χ2n) is 9.53. The van der Waals surface area contributed by atoms with Gasteiger partial charge in [0.2, 0.25) is 5.90 Å². The first-order chi connectivity index (χ1) is 17.5. The topological polar surface area (TPSA) is 43.2 Å². The summed E-state index contributed by atoms with van der Waals surface area (Å²) in [6, 6.07) is 9.88. The van der Waals surface area contributed by atoms with Crippen molar-refractivity contribution in [3.05, 3.63) is 70.8 Å². The van der Waals surface area contributed by atoms with Crippen molar-refractivity contribution in [2.45, 2.75) is 75.5 Å². The lowest BCUT2D eigenvalue weighted by Crippen LogP contribution is -2.32. The monoisotopic (exact) mass is 526 g/mol. The number of halogens is 6. The highest BCUT2D eigenvalue weighted by Gasteiger charge is 2.38. The molecule has 0 aromatic heterocycles. The fraction of sp³-hybridized carbons (Fsp3) is 0.481. The molecule has 5 atom stereocenters. The highest BCUT2D eigenvalue weighted by Crippen LogP contribution is 2.35. The molecule has 0 aliphatic carbocycles. The summed E-state index contributed by atoms with van der Waals surface area (Å²) in [6.07, 6.45) is -6.05. The van der Waals surface area contributed by atoms with Crippen molar-refractivity contribution in [3.63, 3.8) is 0 Å². The zero-order valence-electron chi connectivity index (χ0n) is 20.4. The van der Waals surface area contributed by atoms with E-state index in [1.807, 2.05) is 13.8 Å². The van der Waals surface area contributed by atoms with Crippen molar-refractivity contribution in [2.24, 2.45) is 9.98 Å². The summed E-state index contributed by atoms with van der Waals surface area (Å²) in [7, 11) is 0. The molecule has 0 amide bonds. The third-order valence-electron chi connectivity index (χ3n) is 6.95. The van der Waals surface area contributed by atoms with Crippen molar-refractivity contribution in [1.82, 2.24) is 0 Å². The lowest BCUT2D eigenvalue weighted by molar-refractivity contribution is -0.138. The van der Waals surface area contributed by atoms with Gasteiger partial charge in [-0.3, -0.25) is 4.99 Å². The minimum absolute atomic E-state index is 0.0221. The van der Waals surface area contributed by atoms with E-state index in [1.165, 1.54) is 30.7 Å². The predicted molar refractivity (Wildman–Crippen MR) is 128 cm³/mol. The Kier molecular flexibility index (Phi) is 7.85. The summed E-state index contributed by atoms with van der Waals surface area (Å²) < 4.78 is 88.7. The number of hydrogen-bond acceptors (Lipinski definition) is 4. The molecule has 2 aromatic rings. The van der Waals surface area contributed by atoms with Gasteiger partial charge in [0.15, 0.2) is 12.5 Å². The molecule has 4 rings (SSSR count). The molecule has 2 heterocycles. The maximum Gasteiger partial charge on any atom is 0.416 e. The summed E-state index contributed by atoms with van der Waals surface area (Å²) in [5.41, 5.74) is 0.224. The molecule has 0 fully saturated rings. The first kappa shape index (κ1) is 27.0. The lowest BCUT2D eigenvalue weighted by Gasteiger charge is -2.22. The van der Waals surface area contributed by atoms with E-state index in [0.717, 1.165) is 35.4 Å². The fourth-order valence-corrected chi connectivity index (χ4v) is 4.79. The number of aliphatic imine (C=N–C) groups is 2. The van der Waals surface area contributed by atoms with Crippen LogP contribution in [0, 0.1) is 0 Å². The maximum atomic E-state index is 12.9. The third kappa shape index (κ3) is 6.45. The van der Waals surface area contributed by atoms with Crippen LogP contribution in [0.5, 0.6) is 0 Å². The second-order valence-corrected chi connectivity index (χ2v) is 9.53. The largest absolute Gasteiger partial charge is 0.476 e. The van der Waals surface area contributed by atoms with Gasteiger partial charge in [-0.2, -0.15) is 26.3 Å². The molecule has 0 bridgehead atoms. The molecule has 10 heteroatoms. The number of nitrogens with zero attached hydrogens (tertiary/aromatic N) is 2. The Hall–Kier alpha value is -3.04. The van der Waals surface area contributed by atoms with Gasteiger partial charge in [0.05, 0.1) is 23.2 Å². The normalized spacial score (nSPS) is 23.4. The van der Waals surface area contributed by atoms with Crippen molar-refractivity contribution in [3.8, 4) is 0 Å². The van der Waals surface area contributed by atoms with E-state index < -0.39 is 29.6 Å². The summed E-state index contributed by atoms with van der Waals surface area (Å²) in [6.45, 7) is 4.24. The van der Waals surface area contributed by atoms with E-state index in [-0.39, 0.29) is 23.9 Å². The van der Waals surface area contributed by atoms with Crippen molar-refractivity contribution < 1.29 is 35.8 Å². The zero-order valence-corrected chi connectivity index (χ0v) is 20.4. The highest BCUT2D eigenvalue weighted by atomic mass is 19.4. The van der Waals surface area contributed by atoms with Crippen LogP contribution >= 0.6 is 0 Å². The van der Waals surface area contributed by atoms with E-state index in [1.54, 1.807) is 0 Å². The number of ether oxygens (including phenoxy) is 2. The van der Waals surface area contributed by atoms with E-state index in [0.29, 0.717) is 31.8 Å². The molecular formula is C27H28F6N2O2. The van der Waals surface area contributed by atoms with Gasteiger partial charge in [0.25, 0.3) is 0 Å². The molecular weight excluding hydrogens is 498 g/mol. The lowest BCUT2D eigenvalue weighted by atomic mass is 9.88. The quantitative estimate of drug-likeness (QED) is 0.337. The van der Waals surface area contributed by atoms with Gasteiger partial charge in [0.1, 0.15) is 6.61 Å². The summed E-state index contributed by atoms with van der Waals surface area (Å²) in [5.74, 6) is 0.375. The molecule has 0 radical (unpaired) electrons. The molecule has 0 N–H and O–H groups in total. The van der Waals surface area contributed by atoms with Gasteiger partial charge in [-0.05, 0) is 66.5 Å². The molecule has 2 aliphatic heterocycles. The van der Waals surface area contributed by atoms with Crippen LogP contribution in [0.15, 0.2) is 58.5 Å². The summed E-state index contributed by atoms with van der Waals surface area (Å²) in [4.78, 5) is 9.08. The first-order valence-electron chi connectivity index (χ1n) is 12.2. The molecule has 2 aromatic carbocycles. The van der Waals surface area contributed by atoms with E-state index in [4.69, 9.17) is 9.47 Å². The van der Waals surface area contributed by atoms with Crippen LogP contribution in [-0.4, -0.2) is 37.1 Å². The third-order valence-corrected chi connectivity index (χ3v) is 6.95. The number of hydrogen-bond donors (Lipinski definition) is 0. The van der Waals surface area contributed by atoms with Crippen LogP contribution in [0.1, 0.15) is 67.2 Å². The average molecular weight is 527 g/mol. The number of rotatable bonds is 8. The van der Waals surface area contributed by atoms with Crippen LogP contribution in [0.25, 0.3) is 0 Å². The van der Waals surface area contributed by atoms with Gasteiger partial charge in [-0.1, -0.05) is 38.1 Å². The molecule has 37 heavy (non-hydrogen) atoms. The Labute approximate surface area is 211 Å². The highest BCUT2D eigenvalue weighted by molar-refractivity contribution is 5.85. The van der Waals surface area contributed by atoms with Gasteiger partial charge in [-0.25, -0.2) is 4.99 Å². The van der Waals surface area contributed by atoms with Crippen LogP contribution < -0.4 is 0 Å². The van der Waals surface area contributed by atoms with Crippen molar-refractivity contribution in [2.75, 3.05) is 6.61 Å². The maximum absolute atomic E-state index is 12.9. The second kappa shape index (κ2) is 10.8. The zero-order chi connectivity index (χ0) is 26.8. The smallest absolute Gasteiger partial charge is 0.416 e. The number of benzene rings is 2. The molecule has 0 saturated carbocycles. The standard InChI is InChI=1S/C27H28F6N2O2/c1-3-17(19-6-10-21(11-7-19)27(31,32)33)13-23-24(37-15-34-23)25-35-22(14-36-25)12-16(2)18-4-8-20(9-5-18)26(28,29)30/h4-11,15-17,22-24H,3,12-14H2,1-2H3. The van der Waals surface area contributed by atoms with Crippen LogP contribution in [-0.2, 0) is 21.8 Å². The Morgan fingerprint density at radius 1 is 0.865 bits per heavy atom. The Morgan fingerprint density at radius 3 is 1.97 bits per heavy atom. The van der Waals surface area contributed by atoms with E-state index in [9.17, 15) is 26.3 Å². The molecule has 0 spiro atoms. The van der Waals surface area contributed by atoms with Crippen molar-refractivity contribution in [1.29, 1.82) is 0 Å². The van der Waals surface area contributed by atoms with Crippen LogP contribution in [0.3, 0.4) is 0 Å². The minimum Gasteiger partial charge on any atom is -0.476 e. The first-order valence-corrected chi connectivity index (χ1v) is 12.2. The van der Waals surface area contributed by atoms with Gasteiger partial charge in [-0.15, -0.1) is 0 Å². The summed E-state index contributed by atoms with van der Waals surface area (Å²) >= 11 is 0. The van der Waals surface area contributed by atoms with Crippen LogP contribution in [0.2, 0.25) is 0 Å². The van der Waals surface area contributed by atoms with Gasteiger partial charge in [0, 0.05) is 0 Å². The average Bonchev–Trinajstić information content (AvgIpc) is 3.50. The van der Waals surface area contributed by atoms with Crippen molar-refractivity contribution >= 4 is 12.3 Å². The predicted octanol–water partition coefficient (Wildman–Crippen LogP) is 7.39. The Morgan fingerprint density at radius 2 is 1.43 bits per heavy atom. The molecule has 200 valence electrons. The van der Waals surface area contributed by atoms with E-state index in [2.05, 4.69) is 9.98 Å². The molecule has 4 nitrogen and oxygen atoms in total. The summed E-state index contributed by atoms with van der Waals surface area (Å²) in [5, 5.41) is 0. The molecule has 2 aliphatic rings. The van der Waals surface area contributed by atoms with Gasteiger partial charge >= 0.3 is 12.4 Å². The SMILES string of the molecule is CCC(CC1N=COC1C1=NC(CC(C)c2ccc(C(F)(F)F)cc2)CO1)c1ccc(C(F)(F)F)cc1. The fourth-order valence-electron chi connectivity index (χ4n) is 4.79. The molecule has 0 saturated heterocycles.